The van der Waals surface area contributed by atoms with Crippen molar-refractivity contribution in [2.45, 2.75) is 39.0 Å². The van der Waals surface area contributed by atoms with Crippen molar-refractivity contribution >= 4 is 17.5 Å². The van der Waals surface area contributed by atoms with Crippen LogP contribution in [-0.4, -0.2) is 42.9 Å². The van der Waals surface area contributed by atoms with E-state index in [0.29, 0.717) is 24.3 Å². The molecule has 0 unspecified atom stereocenters. The number of likely N-dealkylation sites (tertiary alicyclic amines) is 1. The van der Waals surface area contributed by atoms with Crippen LogP contribution in [0.3, 0.4) is 0 Å². The molecule has 1 saturated carbocycles. The molecule has 1 aromatic rings. The lowest BCUT2D eigenvalue weighted by atomic mass is 9.75. The van der Waals surface area contributed by atoms with Crippen molar-refractivity contribution in [3.8, 4) is 0 Å². The second kappa shape index (κ2) is 8.48. The third kappa shape index (κ3) is 4.82. The minimum Gasteiger partial charge on any atom is -0.352 e. The molecule has 0 radical (unpaired) electrons. The Labute approximate surface area is 150 Å². The maximum atomic E-state index is 12.4. The maximum Gasteiger partial charge on any atom is 0.251 e. The highest BCUT2D eigenvalue weighted by molar-refractivity contribution is 5.97. The Morgan fingerprint density at radius 1 is 1.16 bits per heavy atom. The lowest BCUT2D eigenvalue weighted by Gasteiger charge is -2.41. The average molecular weight is 343 g/mol. The predicted molar refractivity (Wildman–Crippen MR) is 99.6 cm³/mol. The largest absolute Gasteiger partial charge is 0.352 e. The molecule has 3 rings (SSSR count). The number of carbonyl (C=O) groups excluding carboxylic acids is 2. The zero-order valence-electron chi connectivity index (χ0n) is 15.1. The molecule has 5 heteroatoms. The number of anilines is 1. The molecular weight excluding hydrogens is 314 g/mol. The number of piperidine rings is 1. The highest BCUT2D eigenvalue weighted by atomic mass is 16.2. The molecular formula is C20H29N3O2. The number of carbonyl (C=O) groups is 2. The Hall–Kier alpha value is -1.88. The van der Waals surface area contributed by atoms with Gasteiger partial charge in [0.2, 0.25) is 5.91 Å². The summed E-state index contributed by atoms with van der Waals surface area (Å²) in [4.78, 5) is 26.6. The van der Waals surface area contributed by atoms with Gasteiger partial charge in [-0.1, -0.05) is 25.3 Å². The van der Waals surface area contributed by atoms with Crippen molar-refractivity contribution in [3.05, 3.63) is 29.8 Å². The highest BCUT2D eigenvalue weighted by Gasteiger charge is 2.31. The molecule has 2 N–H and O–H groups in total. The first kappa shape index (κ1) is 17.9. The molecule has 2 fully saturated rings. The van der Waals surface area contributed by atoms with Gasteiger partial charge in [-0.3, -0.25) is 14.5 Å². The average Bonchev–Trinajstić information content (AvgIpc) is 2.62. The van der Waals surface area contributed by atoms with Crippen LogP contribution in [0.15, 0.2) is 24.3 Å². The van der Waals surface area contributed by atoms with E-state index in [2.05, 4.69) is 15.5 Å². The van der Waals surface area contributed by atoms with E-state index < -0.39 is 0 Å². The number of nitrogens with one attached hydrogen (secondary N) is 2. The van der Waals surface area contributed by atoms with Crippen LogP contribution in [-0.2, 0) is 4.79 Å². The minimum atomic E-state index is -0.113. The van der Waals surface area contributed by atoms with Crippen LogP contribution >= 0.6 is 0 Å². The molecule has 2 aliphatic rings. The summed E-state index contributed by atoms with van der Waals surface area (Å²) in [5.74, 6) is 1.54. The molecule has 5 nitrogen and oxygen atoms in total. The van der Waals surface area contributed by atoms with E-state index in [1.54, 1.807) is 18.2 Å². The Morgan fingerprint density at radius 3 is 2.76 bits per heavy atom. The van der Waals surface area contributed by atoms with Crippen molar-refractivity contribution in [3.63, 3.8) is 0 Å². The van der Waals surface area contributed by atoms with Gasteiger partial charge in [-0.25, -0.2) is 0 Å². The van der Waals surface area contributed by atoms with Crippen LogP contribution in [0.5, 0.6) is 0 Å². The fourth-order valence-electron chi connectivity index (χ4n) is 4.22. The molecule has 1 aliphatic heterocycles. The first-order valence-corrected chi connectivity index (χ1v) is 9.56. The number of nitrogens with zero attached hydrogens (tertiary/aromatic N) is 1. The molecule has 25 heavy (non-hydrogen) atoms. The van der Waals surface area contributed by atoms with E-state index in [9.17, 15) is 9.59 Å². The van der Waals surface area contributed by atoms with Gasteiger partial charge in [0.15, 0.2) is 0 Å². The van der Waals surface area contributed by atoms with Gasteiger partial charge in [-0.15, -0.1) is 0 Å². The van der Waals surface area contributed by atoms with E-state index in [0.717, 1.165) is 24.9 Å². The summed E-state index contributed by atoms with van der Waals surface area (Å²) in [5, 5.41) is 5.71. The van der Waals surface area contributed by atoms with Crippen LogP contribution in [0.25, 0.3) is 0 Å². The minimum absolute atomic E-state index is 0.00214. The summed E-state index contributed by atoms with van der Waals surface area (Å²) in [6, 6.07) is 7.12. The third-order valence-electron chi connectivity index (χ3n) is 5.49. The monoisotopic (exact) mass is 343 g/mol. The number of amides is 2. The number of hydrogen-bond acceptors (Lipinski definition) is 3. The van der Waals surface area contributed by atoms with Crippen molar-refractivity contribution in [1.82, 2.24) is 10.2 Å². The van der Waals surface area contributed by atoms with Gasteiger partial charge in [0.1, 0.15) is 0 Å². The zero-order chi connectivity index (χ0) is 17.6. The fraction of sp³-hybridized carbons (Fsp3) is 0.600. The van der Waals surface area contributed by atoms with E-state index in [4.69, 9.17) is 0 Å². The summed E-state index contributed by atoms with van der Waals surface area (Å²) in [5.41, 5.74) is 1.25. The number of benzene rings is 1. The third-order valence-corrected chi connectivity index (χ3v) is 5.49. The molecule has 2 amide bonds. The quantitative estimate of drug-likeness (QED) is 0.864. The first-order valence-electron chi connectivity index (χ1n) is 9.56. The van der Waals surface area contributed by atoms with Crippen LogP contribution in [0, 0.1) is 11.8 Å². The van der Waals surface area contributed by atoms with Gasteiger partial charge in [-0.2, -0.15) is 0 Å². The van der Waals surface area contributed by atoms with Crippen molar-refractivity contribution in [2.75, 3.05) is 31.5 Å². The maximum absolute atomic E-state index is 12.4. The number of rotatable bonds is 5. The molecule has 0 spiro atoms. The fourth-order valence-corrected chi connectivity index (χ4v) is 4.22. The smallest absolute Gasteiger partial charge is 0.251 e. The van der Waals surface area contributed by atoms with Gasteiger partial charge in [0, 0.05) is 24.3 Å². The van der Waals surface area contributed by atoms with Gasteiger partial charge in [0.25, 0.3) is 5.91 Å². The highest BCUT2D eigenvalue weighted by Crippen LogP contribution is 2.35. The second-order valence-corrected chi connectivity index (χ2v) is 7.32. The van der Waals surface area contributed by atoms with Gasteiger partial charge in [-0.05, 0) is 56.3 Å². The Bertz CT molecular complexity index is 617. The van der Waals surface area contributed by atoms with Crippen molar-refractivity contribution in [1.29, 1.82) is 0 Å². The molecule has 1 heterocycles. The number of fused-ring (bicyclic) bond motifs is 1. The molecule has 0 bridgehead atoms. The Morgan fingerprint density at radius 2 is 1.96 bits per heavy atom. The van der Waals surface area contributed by atoms with Crippen molar-refractivity contribution in [2.24, 2.45) is 11.8 Å². The lowest BCUT2D eigenvalue weighted by Crippen LogP contribution is -2.44. The molecule has 1 aromatic carbocycles. The van der Waals surface area contributed by atoms with Gasteiger partial charge in [0.05, 0.1) is 6.54 Å². The van der Waals surface area contributed by atoms with Crippen LogP contribution < -0.4 is 10.6 Å². The normalized spacial score (nSPS) is 23.6. The summed E-state index contributed by atoms with van der Waals surface area (Å²) >= 11 is 0. The Balaban J connectivity index is 1.52. The summed E-state index contributed by atoms with van der Waals surface area (Å²) in [7, 11) is 0. The summed E-state index contributed by atoms with van der Waals surface area (Å²) < 4.78 is 0. The molecule has 136 valence electrons. The van der Waals surface area contributed by atoms with Crippen molar-refractivity contribution < 1.29 is 9.59 Å². The van der Waals surface area contributed by atoms with Gasteiger partial charge < -0.3 is 10.6 Å². The number of hydrogen-bond donors (Lipinski definition) is 2. The standard InChI is InChI=1S/C20H29N3O2/c1-2-21-20(25)16-8-5-9-18(12-16)22-19(24)14-23-11-10-15-6-3-4-7-17(15)13-23/h5,8-9,12,15,17H,2-4,6-7,10-11,13-14H2,1H3,(H,21,25)(H,22,24)/t15-,17+/m0/s1. The summed E-state index contributed by atoms with van der Waals surface area (Å²) in [6.07, 6.45) is 6.64. The molecule has 0 aromatic heterocycles. The van der Waals surface area contributed by atoms with Crippen LogP contribution in [0.4, 0.5) is 5.69 Å². The SMILES string of the molecule is CCNC(=O)c1cccc(NC(=O)CN2CC[C@@H]3CCCC[C@@H]3C2)c1. The molecule has 1 aliphatic carbocycles. The van der Waals surface area contributed by atoms with E-state index in [-0.39, 0.29) is 11.8 Å². The topological polar surface area (TPSA) is 61.4 Å². The predicted octanol–water partition coefficient (Wildman–Crippen LogP) is 2.89. The lowest BCUT2D eigenvalue weighted by molar-refractivity contribution is -0.118. The van der Waals surface area contributed by atoms with Crippen LogP contribution in [0.2, 0.25) is 0 Å². The first-order chi connectivity index (χ1) is 12.2. The van der Waals surface area contributed by atoms with E-state index in [1.165, 1.54) is 32.1 Å². The molecule has 2 atom stereocenters. The van der Waals surface area contributed by atoms with E-state index >= 15 is 0 Å². The second-order valence-electron chi connectivity index (χ2n) is 7.32. The summed E-state index contributed by atoms with van der Waals surface area (Å²) in [6.45, 7) is 4.99. The van der Waals surface area contributed by atoms with E-state index in [1.807, 2.05) is 13.0 Å². The Kier molecular flexibility index (Phi) is 6.08. The van der Waals surface area contributed by atoms with Gasteiger partial charge >= 0.3 is 0 Å². The van der Waals surface area contributed by atoms with Crippen LogP contribution in [0.1, 0.15) is 49.4 Å². The zero-order valence-corrected chi connectivity index (χ0v) is 15.1. The molecule has 1 saturated heterocycles.